The van der Waals surface area contributed by atoms with E-state index in [0.29, 0.717) is 6.61 Å². The molecular weight excluding hydrogens is 507 g/mol. The maximum atomic E-state index is 13.0. The summed E-state index contributed by atoms with van der Waals surface area (Å²) in [7, 11) is 0. The van der Waals surface area contributed by atoms with Crippen molar-refractivity contribution in [1.29, 1.82) is 0 Å². The maximum Gasteiger partial charge on any atom is 0.328 e. The summed E-state index contributed by atoms with van der Waals surface area (Å²) in [6.45, 7) is 6.09. The Morgan fingerprint density at radius 3 is 1.69 bits per heavy atom. The van der Waals surface area contributed by atoms with E-state index < -0.39 is 17.4 Å². The van der Waals surface area contributed by atoms with Crippen LogP contribution in [0.5, 0.6) is 5.75 Å². The molecule has 0 spiro atoms. The molecule has 0 saturated heterocycles. The smallest absolute Gasteiger partial charge is 0.328 e. The van der Waals surface area contributed by atoms with Crippen LogP contribution in [-0.4, -0.2) is 18.5 Å². The summed E-state index contributed by atoms with van der Waals surface area (Å²) in [5.41, 5.74) is -1.39. The molecule has 0 amide bonds. The standard InChI is InChI=1S/C28H43Cl3O4/c1-4-7-8-9-10-11-12-13-14-15-16-17-18-19-34-26(32)28(5-2,6-3)27(33)35-24-21-22(29)20-23(30)25(24)31/h20-21H,4-19H2,1-3H3. The first kappa shape index (κ1) is 32.1. The van der Waals surface area contributed by atoms with Gasteiger partial charge in [-0.2, -0.15) is 0 Å². The highest BCUT2D eigenvalue weighted by molar-refractivity contribution is 6.44. The minimum Gasteiger partial charge on any atom is -0.465 e. The van der Waals surface area contributed by atoms with Crippen molar-refractivity contribution in [2.24, 2.45) is 5.41 Å². The van der Waals surface area contributed by atoms with Gasteiger partial charge in [0.25, 0.3) is 0 Å². The minimum absolute atomic E-state index is 0.0322. The van der Waals surface area contributed by atoms with E-state index in [9.17, 15) is 9.59 Å². The summed E-state index contributed by atoms with van der Waals surface area (Å²) in [4.78, 5) is 25.9. The Morgan fingerprint density at radius 1 is 0.714 bits per heavy atom. The second-order valence-electron chi connectivity index (χ2n) is 9.26. The van der Waals surface area contributed by atoms with Crippen molar-refractivity contribution >= 4 is 46.7 Å². The molecule has 0 atom stereocenters. The number of carbonyl (C=O) groups excluding carboxylic acids is 2. The monoisotopic (exact) mass is 548 g/mol. The lowest BCUT2D eigenvalue weighted by Crippen LogP contribution is -2.42. The third kappa shape index (κ3) is 11.3. The largest absolute Gasteiger partial charge is 0.465 e. The van der Waals surface area contributed by atoms with Crippen molar-refractivity contribution in [3.05, 3.63) is 27.2 Å². The van der Waals surface area contributed by atoms with Gasteiger partial charge in [0.2, 0.25) is 0 Å². The molecule has 200 valence electrons. The Hall–Kier alpha value is -0.970. The first-order valence-electron chi connectivity index (χ1n) is 13.4. The van der Waals surface area contributed by atoms with Gasteiger partial charge in [0.05, 0.1) is 11.6 Å². The molecule has 0 aliphatic heterocycles. The van der Waals surface area contributed by atoms with Gasteiger partial charge in [-0.05, 0) is 25.3 Å². The zero-order chi connectivity index (χ0) is 26.1. The average Bonchev–Trinajstić information content (AvgIpc) is 2.83. The molecule has 0 heterocycles. The van der Waals surface area contributed by atoms with E-state index in [4.69, 9.17) is 44.3 Å². The number of benzene rings is 1. The van der Waals surface area contributed by atoms with Crippen LogP contribution in [0, 0.1) is 5.41 Å². The molecule has 0 aliphatic carbocycles. The van der Waals surface area contributed by atoms with E-state index in [1.54, 1.807) is 13.8 Å². The lowest BCUT2D eigenvalue weighted by Gasteiger charge is -2.27. The van der Waals surface area contributed by atoms with Crippen molar-refractivity contribution < 1.29 is 19.1 Å². The van der Waals surface area contributed by atoms with Gasteiger partial charge in [-0.25, -0.2) is 0 Å². The number of rotatable bonds is 19. The van der Waals surface area contributed by atoms with Crippen LogP contribution in [0.3, 0.4) is 0 Å². The van der Waals surface area contributed by atoms with Crippen LogP contribution in [0.4, 0.5) is 0 Å². The van der Waals surface area contributed by atoms with Gasteiger partial charge in [0.15, 0.2) is 11.2 Å². The lowest BCUT2D eigenvalue weighted by atomic mass is 9.82. The average molecular weight is 550 g/mol. The molecule has 4 nitrogen and oxygen atoms in total. The Morgan fingerprint density at radius 2 is 1.20 bits per heavy atom. The molecule has 0 N–H and O–H groups in total. The third-order valence-electron chi connectivity index (χ3n) is 6.63. The SMILES string of the molecule is CCCCCCCCCCCCCCCOC(=O)C(CC)(CC)C(=O)Oc1cc(Cl)cc(Cl)c1Cl. The van der Waals surface area contributed by atoms with Gasteiger partial charge in [0, 0.05) is 11.1 Å². The Labute approximate surface area is 227 Å². The van der Waals surface area contributed by atoms with Crippen molar-refractivity contribution in [1.82, 2.24) is 0 Å². The van der Waals surface area contributed by atoms with E-state index in [-0.39, 0.29) is 33.7 Å². The summed E-state index contributed by atoms with van der Waals surface area (Å²) >= 11 is 18.2. The molecule has 0 saturated carbocycles. The number of unbranched alkanes of at least 4 members (excludes halogenated alkanes) is 12. The molecule has 0 aliphatic rings. The van der Waals surface area contributed by atoms with Gasteiger partial charge in [0.1, 0.15) is 5.02 Å². The quantitative estimate of drug-likeness (QED) is 0.0566. The number of hydrogen-bond acceptors (Lipinski definition) is 4. The Kier molecular flexibility index (Phi) is 16.8. The number of carbonyl (C=O) groups is 2. The van der Waals surface area contributed by atoms with Gasteiger partial charge >= 0.3 is 11.9 Å². The summed E-state index contributed by atoms with van der Waals surface area (Å²) in [5, 5.41) is 0.530. The van der Waals surface area contributed by atoms with Crippen molar-refractivity contribution in [2.75, 3.05) is 6.61 Å². The molecular formula is C28H43Cl3O4. The molecule has 0 unspecified atom stereocenters. The van der Waals surface area contributed by atoms with Crippen LogP contribution in [0.1, 0.15) is 117 Å². The molecule has 0 bridgehead atoms. The topological polar surface area (TPSA) is 52.6 Å². The van der Waals surface area contributed by atoms with Gasteiger partial charge < -0.3 is 9.47 Å². The molecule has 7 heteroatoms. The molecule has 0 aromatic heterocycles. The highest BCUT2D eigenvalue weighted by Crippen LogP contribution is 2.38. The van der Waals surface area contributed by atoms with E-state index in [1.807, 2.05) is 0 Å². The summed E-state index contributed by atoms with van der Waals surface area (Å²) in [6.07, 6.45) is 16.7. The number of esters is 2. The third-order valence-corrected chi connectivity index (χ3v) is 7.63. The predicted octanol–water partition coefficient (Wildman–Crippen LogP) is 9.99. The number of ether oxygens (including phenoxy) is 2. The second-order valence-corrected chi connectivity index (χ2v) is 10.5. The van der Waals surface area contributed by atoms with Crippen LogP contribution in [0.15, 0.2) is 12.1 Å². The second kappa shape index (κ2) is 18.3. The minimum atomic E-state index is -1.39. The fourth-order valence-corrected chi connectivity index (χ4v) is 4.76. The van der Waals surface area contributed by atoms with Crippen molar-refractivity contribution in [3.63, 3.8) is 0 Å². The fraction of sp³-hybridized carbons (Fsp3) is 0.714. The first-order chi connectivity index (χ1) is 16.8. The number of hydrogen-bond donors (Lipinski definition) is 0. The molecule has 35 heavy (non-hydrogen) atoms. The molecule has 1 aromatic carbocycles. The van der Waals surface area contributed by atoms with Crippen LogP contribution in [0.25, 0.3) is 0 Å². The lowest BCUT2D eigenvalue weighted by molar-refractivity contribution is -0.168. The highest BCUT2D eigenvalue weighted by Gasteiger charge is 2.46. The van der Waals surface area contributed by atoms with Crippen LogP contribution < -0.4 is 4.74 Å². The van der Waals surface area contributed by atoms with Crippen molar-refractivity contribution in [2.45, 2.75) is 117 Å². The van der Waals surface area contributed by atoms with Crippen LogP contribution in [0.2, 0.25) is 15.1 Å². The van der Waals surface area contributed by atoms with Crippen LogP contribution in [-0.2, 0) is 14.3 Å². The Balaban J connectivity index is 2.34. The molecule has 0 fully saturated rings. The zero-order valence-corrected chi connectivity index (χ0v) is 24.0. The van der Waals surface area contributed by atoms with Gasteiger partial charge in [-0.1, -0.05) is 133 Å². The van der Waals surface area contributed by atoms with Gasteiger partial charge in [-0.3, -0.25) is 9.59 Å². The van der Waals surface area contributed by atoms with Crippen molar-refractivity contribution in [3.8, 4) is 5.75 Å². The van der Waals surface area contributed by atoms with E-state index in [2.05, 4.69) is 6.92 Å². The molecule has 0 radical (unpaired) electrons. The molecule has 1 rings (SSSR count). The first-order valence-corrected chi connectivity index (χ1v) is 14.5. The summed E-state index contributed by atoms with van der Waals surface area (Å²) < 4.78 is 11.0. The van der Waals surface area contributed by atoms with E-state index in [1.165, 1.54) is 76.3 Å². The Bertz CT molecular complexity index is 763. The fourth-order valence-electron chi connectivity index (χ4n) is 4.14. The normalized spacial score (nSPS) is 11.5. The summed E-state index contributed by atoms with van der Waals surface area (Å²) in [5.74, 6) is -1.24. The molecule has 1 aromatic rings. The highest BCUT2D eigenvalue weighted by atomic mass is 35.5. The maximum absolute atomic E-state index is 13.0. The summed E-state index contributed by atoms with van der Waals surface area (Å²) in [6, 6.07) is 2.86. The van der Waals surface area contributed by atoms with Crippen LogP contribution >= 0.6 is 34.8 Å². The predicted molar refractivity (Wildman–Crippen MR) is 147 cm³/mol. The van der Waals surface area contributed by atoms with E-state index in [0.717, 1.165) is 19.3 Å². The van der Waals surface area contributed by atoms with Gasteiger partial charge in [-0.15, -0.1) is 0 Å². The van der Waals surface area contributed by atoms with E-state index >= 15 is 0 Å². The number of halogens is 3. The zero-order valence-electron chi connectivity index (χ0n) is 21.7.